The predicted molar refractivity (Wildman–Crippen MR) is 119 cm³/mol. The molecule has 0 amide bonds. The topological polar surface area (TPSA) is 125 Å². The van der Waals surface area contributed by atoms with Crippen molar-refractivity contribution in [3.63, 3.8) is 0 Å². The molecule has 192 valence electrons. The van der Waals surface area contributed by atoms with Gasteiger partial charge in [0, 0.05) is 38.0 Å². The van der Waals surface area contributed by atoms with Gasteiger partial charge in [0.25, 0.3) is 0 Å². The molecule has 2 spiro atoms. The molecule has 9 atom stereocenters. The fraction of sp³-hybridized carbons (Fsp3) is 0.769. The van der Waals surface area contributed by atoms with Gasteiger partial charge < -0.3 is 24.1 Å². The number of ketones is 1. The molecule has 2 heterocycles. The van der Waals surface area contributed by atoms with E-state index >= 15 is 0 Å². The summed E-state index contributed by atoms with van der Waals surface area (Å²) in [6.45, 7) is 12.0. The van der Waals surface area contributed by atoms with Crippen LogP contribution in [0, 0.1) is 34.0 Å². The molecule has 0 aromatic heterocycles. The van der Waals surface area contributed by atoms with Crippen LogP contribution in [0.5, 0.6) is 0 Å². The van der Waals surface area contributed by atoms with Crippen molar-refractivity contribution < 1.29 is 43.2 Å². The zero-order valence-corrected chi connectivity index (χ0v) is 20.9. The highest BCUT2D eigenvalue weighted by Crippen LogP contribution is 2.77. The van der Waals surface area contributed by atoms with E-state index in [1.807, 2.05) is 13.8 Å². The number of carbonyl (C=O) groups excluding carboxylic acids is 4. The Morgan fingerprint density at radius 3 is 2.29 bits per heavy atom. The van der Waals surface area contributed by atoms with Crippen LogP contribution in [0.4, 0.5) is 0 Å². The summed E-state index contributed by atoms with van der Waals surface area (Å²) in [5.74, 6) is -5.94. The number of fused-ring (bicyclic) bond motifs is 2. The second kappa shape index (κ2) is 7.38. The number of hydrogen-bond acceptors (Lipinski definition) is 9. The van der Waals surface area contributed by atoms with E-state index in [4.69, 9.17) is 18.9 Å². The zero-order valence-electron chi connectivity index (χ0n) is 20.9. The van der Waals surface area contributed by atoms with Crippen LogP contribution in [-0.4, -0.2) is 59.5 Å². The Morgan fingerprint density at radius 1 is 1.06 bits per heavy atom. The summed E-state index contributed by atoms with van der Waals surface area (Å²) < 4.78 is 23.6. The van der Waals surface area contributed by atoms with E-state index in [9.17, 15) is 24.3 Å². The van der Waals surface area contributed by atoms with Crippen molar-refractivity contribution in [3.05, 3.63) is 12.2 Å². The molecule has 0 radical (unpaired) electrons. The van der Waals surface area contributed by atoms with Gasteiger partial charge in [0.2, 0.25) is 5.79 Å². The number of rotatable bonds is 3. The zero-order chi connectivity index (χ0) is 25.7. The molecule has 4 bridgehead atoms. The van der Waals surface area contributed by atoms with Crippen LogP contribution in [-0.2, 0) is 38.1 Å². The Morgan fingerprint density at radius 2 is 1.69 bits per heavy atom. The van der Waals surface area contributed by atoms with E-state index < -0.39 is 75.9 Å². The van der Waals surface area contributed by atoms with Crippen LogP contribution in [0.2, 0.25) is 0 Å². The molecule has 9 heteroatoms. The molecule has 4 saturated carbocycles. The summed E-state index contributed by atoms with van der Waals surface area (Å²) in [4.78, 5) is 51.0. The lowest BCUT2D eigenvalue weighted by molar-refractivity contribution is -0.405. The van der Waals surface area contributed by atoms with Crippen molar-refractivity contribution in [2.75, 3.05) is 6.61 Å². The minimum absolute atomic E-state index is 0.0462. The minimum Gasteiger partial charge on any atom is -0.462 e. The standard InChI is InChI=1S/C26H34O9/c1-12-16-9-17(33-13(2)27)19-24-11-32-26(31,25(19,10-16)22(12)35-15(4)29)21(30)20(24)23(5,6)8-7-18(24)34-14(3)28/h16-20,22,31H,1,7-11H2,2-6H3/t16-,17-,18+,19+,20-,22-,24+,25+,26-/m1/s1. The highest BCUT2D eigenvalue weighted by molar-refractivity contribution is 5.93. The molecule has 0 unspecified atom stereocenters. The summed E-state index contributed by atoms with van der Waals surface area (Å²) in [5.41, 5.74) is -2.47. The second-order valence-electron chi connectivity index (χ2n) is 11.8. The molecule has 35 heavy (non-hydrogen) atoms. The van der Waals surface area contributed by atoms with Crippen molar-refractivity contribution in [1.82, 2.24) is 0 Å². The maximum absolute atomic E-state index is 14.3. The SMILES string of the molecule is C=C1[C@@H]2C[C@@H](OC(C)=O)[C@H]3[C@@]45CO[C@](O)(C(=O)[C@@H]4C(C)(C)CC[C@@H]5OC(C)=O)[C@]3(C2)[C@@H]1OC(C)=O. The first-order chi connectivity index (χ1) is 16.2. The number of aliphatic hydroxyl groups is 1. The predicted octanol–water partition coefficient (Wildman–Crippen LogP) is 2.09. The molecule has 6 aliphatic rings. The largest absolute Gasteiger partial charge is 0.462 e. The summed E-state index contributed by atoms with van der Waals surface area (Å²) in [7, 11) is 0. The average molecular weight is 491 g/mol. The van der Waals surface area contributed by atoms with Crippen LogP contribution in [0.25, 0.3) is 0 Å². The summed E-state index contributed by atoms with van der Waals surface area (Å²) in [5, 5.41) is 12.2. The maximum Gasteiger partial charge on any atom is 0.303 e. The van der Waals surface area contributed by atoms with Crippen molar-refractivity contribution >= 4 is 23.7 Å². The van der Waals surface area contributed by atoms with Crippen molar-refractivity contribution in [1.29, 1.82) is 0 Å². The molecule has 4 aliphatic carbocycles. The lowest BCUT2D eigenvalue weighted by Crippen LogP contribution is -2.84. The van der Waals surface area contributed by atoms with Gasteiger partial charge in [-0.3, -0.25) is 19.2 Å². The fourth-order valence-electron chi connectivity index (χ4n) is 8.80. The van der Waals surface area contributed by atoms with Crippen LogP contribution in [0.1, 0.15) is 60.3 Å². The molecule has 6 rings (SSSR count). The van der Waals surface area contributed by atoms with Gasteiger partial charge in [-0.1, -0.05) is 20.4 Å². The fourth-order valence-corrected chi connectivity index (χ4v) is 8.80. The van der Waals surface area contributed by atoms with E-state index in [2.05, 4.69) is 6.58 Å². The third kappa shape index (κ3) is 2.88. The van der Waals surface area contributed by atoms with E-state index in [1.165, 1.54) is 20.8 Å². The third-order valence-electron chi connectivity index (χ3n) is 9.57. The van der Waals surface area contributed by atoms with Crippen molar-refractivity contribution in [2.24, 2.45) is 34.0 Å². The van der Waals surface area contributed by atoms with Gasteiger partial charge in [0.05, 0.1) is 12.0 Å². The Hall–Kier alpha value is -2.26. The van der Waals surface area contributed by atoms with Gasteiger partial charge >= 0.3 is 17.9 Å². The summed E-state index contributed by atoms with van der Waals surface area (Å²) >= 11 is 0. The van der Waals surface area contributed by atoms with Crippen molar-refractivity contribution in [2.45, 2.75) is 84.4 Å². The Labute approximate surface area is 204 Å². The van der Waals surface area contributed by atoms with Gasteiger partial charge in [-0.2, -0.15) is 0 Å². The first-order valence-electron chi connectivity index (χ1n) is 12.3. The Kier molecular flexibility index (Phi) is 5.15. The minimum atomic E-state index is -2.27. The van der Waals surface area contributed by atoms with Crippen LogP contribution >= 0.6 is 0 Å². The van der Waals surface area contributed by atoms with E-state index in [0.29, 0.717) is 24.8 Å². The number of carbonyl (C=O) groups is 4. The molecule has 1 N–H and O–H groups in total. The summed E-state index contributed by atoms with van der Waals surface area (Å²) in [6, 6.07) is 0. The van der Waals surface area contributed by atoms with E-state index in [-0.39, 0.29) is 18.9 Å². The van der Waals surface area contributed by atoms with Gasteiger partial charge in [-0.05, 0) is 42.6 Å². The van der Waals surface area contributed by atoms with E-state index in [1.54, 1.807) is 0 Å². The molecular formula is C26H34O9. The smallest absolute Gasteiger partial charge is 0.303 e. The quantitative estimate of drug-likeness (QED) is 0.359. The normalized spacial score (nSPS) is 46.9. The first kappa shape index (κ1) is 24.4. The lowest BCUT2D eigenvalue weighted by Gasteiger charge is -2.73. The number of hydrogen-bond donors (Lipinski definition) is 1. The molecule has 6 fully saturated rings. The van der Waals surface area contributed by atoms with Crippen LogP contribution in [0.3, 0.4) is 0 Å². The number of ether oxygens (including phenoxy) is 4. The molecule has 9 nitrogen and oxygen atoms in total. The van der Waals surface area contributed by atoms with Gasteiger partial charge in [-0.15, -0.1) is 0 Å². The first-order valence-corrected chi connectivity index (χ1v) is 12.3. The maximum atomic E-state index is 14.3. The van der Waals surface area contributed by atoms with Crippen LogP contribution < -0.4 is 0 Å². The van der Waals surface area contributed by atoms with Crippen molar-refractivity contribution in [3.8, 4) is 0 Å². The molecular weight excluding hydrogens is 456 g/mol. The highest BCUT2D eigenvalue weighted by atomic mass is 16.6. The number of Topliss-reactive ketones (excluding diaryl/α,β-unsaturated/α-hetero) is 1. The van der Waals surface area contributed by atoms with Gasteiger partial charge in [0.15, 0.2) is 5.78 Å². The third-order valence-corrected chi connectivity index (χ3v) is 9.57. The Bertz CT molecular complexity index is 1030. The highest BCUT2D eigenvalue weighted by Gasteiger charge is 2.87. The number of esters is 3. The lowest BCUT2D eigenvalue weighted by atomic mass is 9.36. The van der Waals surface area contributed by atoms with Gasteiger partial charge in [-0.25, -0.2) is 0 Å². The molecule has 2 saturated heterocycles. The van der Waals surface area contributed by atoms with Crippen LogP contribution in [0.15, 0.2) is 12.2 Å². The average Bonchev–Trinajstić information content (AvgIpc) is 2.93. The summed E-state index contributed by atoms with van der Waals surface area (Å²) in [6.07, 6.45) is -0.632. The van der Waals surface area contributed by atoms with Gasteiger partial charge in [0.1, 0.15) is 18.3 Å². The second-order valence-corrected chi connectivity index (χ2v) is 11.8. The molecule has 2 aliphatic heterocycles. The van der Waals surface area contributed by atoms with E-state index in [0.717, 1.165) is 0 Å². The Balaban J connectivity index is 1.81. The molecule has 0 aromatic carbocycles. The monoisotopic (exact) mass is 490 g/mol. The molecule has 0 aromatic rings.